The molecule has 1 spiro atoms. The van der Waals surface area contributed by atoms with Gasteiger partial charge in [0.1, 0.15) is 18.3 Å². The lowest BCUT2D eigenvalue weighted by Crippen LogP contribution is -2.84. The molecule has 47 heavy (non-hydrogen) atoms. The highest BCUT2D eigenvalue weighted by Crippen LogP contribution is 2.70. The van der Waals surface area contributed by atoms with Crippen LogP contribution >= 0.6 is 0 Å². The molecule has 2 N–H and O–H groups in total. The molecule has 1 heterocycles. The number of hydrogen-bond donors (Lipinski definition) is 2. The predicted molar refractivity (Wildman–Crippen MR) is 162 cm³/mol. The van der Waals surface area contributed by atoms with Crippen molar-refractivity contribution in [3.63, 3.8) is 0 Å². The quantitative estimate of drug-likeness (QED) is 0.291. The summed E-state index contributed by atoms with van der Waals surface area (Å²) >= 11 is 0. The third-order valence-electron chi connectivity index (χ3n) is 10.1. The number of benzene rings is 1. The number of carbonyl (C=O) groups is 5. The molecular formula is C34H46O13. The number of rotatable bonds is 9. The van der Waals surface area contributed by atoms with Crippen LogP contribution in [0.25, 0.3) is 0 Å². The van der Waals surface area contributed by atoms with Crippen molar-refractivity contribution < 1.29 is 62.6 Å². The maximum Gasteiger partial charge on any atom is 0.338 e. The molecule has 2 bridgehead atoms. The Morgan fingerprint density at radius 2 is 1.47 bits per heavy atom. The largest absolute Gasteiger partial charge is 0.469 e. The third-order valence-corrected chi connectivity index (χ3v) is 10.1. The zero-order valence-electron chi connectivity index (χ0n) is 28.3. The van der Waals surface area contributed by atoms with Gasteiger partial charge in [-0.15, -0.1) is 0 Å². The molecule has 13 heteroatoms. The van der Waals surface area contributed by atoms with Gasteiger partial charge in [-0.1, -0.05) is 45.9 Å². The lowest BCUT2D eigenvalue weighted by atomic mass is 9.42. The van der Waals surface area contributed by atoms with Crippen molar-refractivity contribution in [2.75, 3.05) is 20.8 Å². The minimum atomic E-state index is -2.30. The summed E-state index contributed by atoms with van der Waals surface area (Å²) in [6.07, 6.45) is -5.46. The minimum absolute atomic E-state index is 0.0881. The van der Waals surface area contributed by atoms with E-state index in [2.05, 4.69) is 0 Å². The van der Waals surface area contributed by atoms with Crippen molar-refractivity contribution in [2.24, 2.45) is 35.0 Å². The summed E-state index contributed by atoms with van der Waals surface area (Å²) in [5.41, 5.74) is -8.06. The molecule has 260 valence electrons. The maximum atomic E-state index is 14.1. The monoisotopic (exact) mass is 662 g/mol. The van der Waals surface area contributed by atoms with Crippen LogP contribution in [-0.2, 0) is 47.6 Å². The molecule has 0 unspecified atom stereocenters. The van der Waals surface area contributed by atoms with Crippen LogP contribution in [0.4, 0.5) is 0 Å². The summed E-state index contributed by atoms with van der Waals surface area (Å²) < 4.78 is 35.2. The van der Waals surface area contributed by atoms with Gasteiger partial charge in [-0.25, -0.2) is 4.79 Å². The second-order valence-electron chi connectivity index (χ2n) is 14.1. The molecule has 0 aromatic heterocycles. The van der Waals surface area contributed by atoms with E-state index in [1.807, 2.05) is 0 Å². The average Bonchev–Trinajstić information content (AvgIpc) is 3.20. The molecule has 13 nitrogen and oxygen atoms in total. The van der Waals surface area contributed by atoms with Crippen LogP contribution in [0.2, 0.25) is 0 Å². The summed E-state index contributed by atoms with van der Waals surface area (Å²) in [4.78, 5) is 68.1. The van der Waals surface area contributed by atoms with Crippen molar-refractivity contribution in [3.05, 3.63) is 35.9 Å². The maximum absolute atomic E-state index is 14.1. The number of hydrogen-bond acceptors (Lipinski definition) is 13. The fourth-order valence-corrected chi connectivity index (χ4v) is 8.05. The minimum Gasteiger partial charge on any atom is -0.469 e. The van der Waals surface area contributed by atoms with Crippen molar-refractivity contribution >= 4 is 29.8 Å². The van der Waals surface area contributed by atoms with Gasteiger partial charge in [0.15, 0.2) is 6.10 Å². The Hall–Kier alpha value is -3.55. The molecule has 2 saturated carbocycles. The summed E-state index contributed by atoms with van der Waals surface area (Å²) in [6.45, 7) is 10.0. The zero-order chi connectivity index (χ0) is 35.3. The van der Waals surface area contributed by atoms with Gasteiger partial charge in [0.25, 0.3) is 0 Å². The number of aliphatic hydroxyl groups excluding tert-OH is 1. The number of carbonyl (C=O) groups excluding carboxylic acids is 5. The van der Waals surface area contributed by atoms with Crippen molar-refractivity contribution in [2.45, 2.75) is 90.0 Å². The van der Waals surface area contributed by atoms with Crippen molar-refractivity contribution in [1.82, 2.24) is 0 Å². The molecule has 0 amide bonds. The van der Waals surface area contributed by atoms with E-state index >= 15 is 0 Å². The lowest BCUT2D eigenvalue weighted by molar-refractivity contribution is -0.345. The highest BCUT2D eigenvalue weighted by atomic mass is 16.6. The van der Waals surface area contributed by atoms with Gasteiger partial charge in [-0.3, -0.25) is 19.2 Å². The summed E-state index contributed by atoms with van der Waals surface area (Å²) in [6, 6.07) is 7.86. The second-order valence-corrected chi connectivity index (χ2v) is 14.1. The third kappa shape index (κ3) is 5.59. The zero-order valence-corrected chi connectivity index (χ0v) is 28.3. The Bertz CT molecular complexity index is 1390. The first-order chi connectivity index (χ1) is 21.8. The topological polar surface area (TPSA) is 181 Å². The summed E-state index contributed by atoms with van der Waals surface area (Å²) in [5, 5.41) is 24.9. The molecule has 1 aromatic rings. The highest BCUT2D eigenvalue weighted by Gasteiger charge is 2.88. The normalized spacial score (nSPS) is 35.4. The van der Waals surface area contributed by atoms with Crippen LogP contribution < -0.4 is 0 Å². The molecule has 3 fully saturated rings. The first-order valence-corrected chi connectivity index (χ1v) is 15.7. The molecular weight excluding hydrogens is 616 g/mol. The van der Waals surface area contributed by atoms with E-state index < -0.39 is 113 Å². The van der Waals surface area contributed by atoms with Gasteiger partial charge in [-0.05, 0) is 39.3 Å². The van der Waals surface area contributed by atoms with Gasteiger partial charge in [0.2, 0.25) is 0 Å². The van der Waals surface area contributed by atoms with E-state index in [0.29, 0.717) is 0 Å². The fourth-order valence-electron chi connectivity index (χ4n) is 8.05. The molecule has 2 aliphatic carbocycles. The van der Waals surface area contributed by atoms with Crippen LogP contribution in [0.15, 0.2) is 30.3 Å². The Kier molecular flexibility index (Phi) is 9.89. The second kappa shape index (κ2) is 12.8. The van der Waals surface area contributed by atoms with E-state index in [-0.39, 0.29) is 5.56 Å². The Balaban J connectivity index is 2.16. The van der Waals surface area contributed by atoms with Crippen LogP contribution in [-0.4, -0.2) is 96.0 Å². The predicted octanol–water partition coefficient (Wildman–Crippen LogP) is 2.24. The molecule has 1 aliphatic heterocycles. The van der Waals surface area contributed by atoms with Crippen LogP contribution in [0.5, 0.6) is 0 Å². The van der Waals surface area contributed by atoms with Crippen LogP contribution in [0, 0.1) is 35.0 Å². The van der Waals surface area contributed by atoms with E-state index in [1.54, 1.807) is 59.7 Å². The van der Waals surface area contributed by atoms with E-state index in [0.717, 1.165) is 14.2 Å². The van der Waals surface area contributed by atoms with Gasteiger partial charge >= 0.3 is 29.8 Å². The molecule has 1 aromatic carbocycles. The molecule has 9 atom stereocenters. The number of fused-ring (bicyclic) bond motifs is 1. The van der Waals surface area contributed by atoms with Crippen molar-refractivity contribution in [1.29, 1.82) is 0 Å². The van der Waals surface area contributed by atoms with Crippen LogP contribution in [0.3, 0.4) is 0 Å². The molecule has 3 aliphatic rings. The number of aliphatic hydroxyl groups is 2. The Labute approximate surface area is 274 Å². The number of methoxy groups -OCH3 is 2. The first-order valence-electron chi connectivity index (χ1n) is 15.7. The van der Waals surface area contributed by atoms with Gasteiger partial charge in [-0.2, -0.15) is 0 Å². The lowest BCUT2D eigenvalue weighted by Gasteiger charge is -2.66. The molecule has 1 saturated heterocycles. The standard InChI is InChI=1S/C34H46O13/c1-17(2)26(36)44-16-33-21(30(40)43-9)20(29(39)42-8)15-32(7,41)34(33)24(35)22(31(5,6)47-34)23(45-27(37)18(3)4)25(33)46-28(38)19-13-11-10-12-14-19/h10-14,17-18,20-25,35,41H,15-16H2,1-9H3/t20-,21+,22+,23-,24+,25+,32-,33-,34-/m0/s1. The smallest absolute Gasteiger partial charge is 0.338 e. The number of esters is 5. The van der Waals surface area contributed by atoms with E-state index in [1.165, 1.54) is 19.1 Å². The Morgan fingerprint density at radius 1 is 0.894 bits per heavy atom. The van der Waals surface area contributed by atoms with Gasteiger partial charge in [0, 0.05) is 0 Å². The fraction of sp³-hybridized carbons (Fsp3) is 0.676. The molecule has 0 radical (unpaired) electrons. The average molecular weight is 663 g/mol. The summed E-state index contributed by atoms with van der Waals surface area (Å²) in [5.74, 6) is -10.0. The highest BCUT2D eigenvalue weighted by molar-refractivity contribution is 5.90. The number of ether oxygens (including phenoxy) is 6. The summed E-state index contributed by atoms with van der Waals surface area (Å²) in [7, 11) is 2.18. The SMILES string of the molecule is COC(=O)[C@H]1C[C@](C)(O)[C@]23OC(C)(C)[C@H]([C@H](OC(=O)C(C)C)[C@@H](OC(=O)c4ccccc4)[C@]2(COC(=O)C(C)C)[C@H]1C(=O)OC)[C@H]3O. The molecule has 4 rings (SSSR count). The Morgan fingerprint density at radius 3 is 2.00 bits per heavy atom. The van der Waals surface area contributed by atoms with Gasteiger partial charge < -0.3 is 38.6 Å². The van der Waals surface area contributed by atoms with E-state index in [9.17, 15) is 34.2 Å². The van der Waals surface area contributed by atoms with Crippen LogP contribution in [0.1, 0.15) is 65.2 Å². The van der Waals surface area contributed by atoms with E-state index in [4.69, 9.17) is 28.4 Å². The van der Waals surface area contributed by atoms with Gasteiger partial charge in [0.05, 0.1) is 72.1 Å². The first kappa shape index (κ1) is 36.3. The van der Waals surface area contributed by atoms with Crippen molar-refractivity contribution in [3.8, 4) is 0 Å².